The van der Waals surface area contributed by atoms with Gasteiger partial charge in [-0.05, 0) is 52.4 Å². The summed E-state index contributed by atoms with van der Waals surface area (Å²) in [5.41, 5.74) is 7.45. The Balaban J connectivity index is 1.33. The molecule has 11 heteroatoms. The molecule has 172 valence electrons. The lowest BCUT2D eigenvalue weighted by molar-refractivity contribution is -0.138. The van der Waals surface area contributed by atoms with Crippen LogP contribution in [-0.2, 0) is 16.1 Å². The smallest absolute Gasteiger partial charge is 0.248 e. The molecule has 1 aliphatic heterocycles. The van der Waals surface area contributed by atoms with Crippen LogP contribution in [0.15, 0.2) is 47.6 Å². The Morgan fingerprint density at radius 1 is 1.26 bits per heavy atom. The Morgan fingerprint density at radius 3 is 2.94 bits per heavy atom. The lowest BCUT2D eigenvalue weighted by Crippen LogP contribution is -2.46. The second-order valence-corrected chi connectivity index (χ2v) is 9.98. The predicted molar refractivity (Wildman–Crippen MR) is 130 cm³/mol. The van der Waals surface area contributed by atoms with E-state index in [2.05, 4.69) is 48.1 Å². The minimum atomic E-state index is -0.563. The first-order valence-electron chi connectivity index (χ1n) is 10.9. The van der Waals surface area contributed by atoms with Crippen LogP contribution >= 0.6 is 15.9 Å². The van der Waals surface area contributed by atoms with Crippen LogP contribution in [0.3, 0.4) is 0 Å². The molecule has 1 saturated carbocycles. The summed E-state index contributed by atoms with van der Waals surface area (Å²) in [7, 11) is 0. The number of nitrogens with zero attached hydrogens (tertiary/aromatic N) is 6. The van der Waals surface area contributed by atoms with E-state index in [9.17, 15) is 9.59 Å². The molecule has 0 radical (unpaired) electrons. The number of carbonyl (C=O) groups is 2. The predicted octanol–water partition coefficient (Wildman–Crippen LogP) is 2.74. The van der Waals surface area contributed by atoms with Crippen molar-refractivity contribution >= 4 is 61.3 Å². The first-order chi connectivity index (χ1) is 16.4. The van der Waals surface area contributed by atoms with E-state index in [1.807, 2.05) is 10.6 Å². The number of halogens is 1. The SMILES string of the molecule is C[C@]12CC1N(C(=O)Cn1c3ccncc3c3c(N)ncnc31)[C@H](C(=O)Nc1cccc(Br)n1)C2. The van der Waals surface area contributed by atoms with Gasteiger partial charge in [-0.15, -0.1) is 0 Å². The molecule has 10 nitrogen and oxygen atoms in total. The molecule has 0 aromatic carbocycles. The number of amides is 2. The number of piperidine rings is 1. The summed E-state index contributed by atoms with van der Waals surface area (Å²) in [5.74, 6) is 0.412. The van der Waals surface area contributed by atoms with Crippen LogP contribution in [0.4, 0.5) is 11.6 Å². The van der Waals surface area contributed by atoms with E-state index < -0.39 is 6.04 Å². The number of carbonyl (C=O) groups excluding carboxylic acids is 2. The van der Waals surface area contributed by atoms with Gasteiger partial charge in [-0.2, -0.15) is 0 Å². The molecule has 5 heterocycles. The monoisotopic (exact) mass is 520 g/mol. The molecule has 1 aliphatic carbocycles. The minimum absolute atomic E-state index is 0.0337. The quantitative estimate of drug-likeness (QED) is 0.395. The molecule has 4 aromatic rings. The Morgan fingerprint density at radius 2 is 2.12 bits per heavy atom. The highest BCUT2D eigenvalue weighted by Crippen LogP contribution is 2.59. The third-order valence-electron chi connectivity index (χ3n) is 6.96. The van der Waals surface area contributed by atoms with Crippen molar-refractivity contribution in [2.24, 2.45) is 5.41 Å². The standard InChI is InChI=1S/C23H21BrN8O2/c1-23-7-14(22(34)30-17-4-2-3-16(24)29-17)32(15(23)8-23)18(33)10-31-13-5-6-26-9-12(13)19-20(25)27-11-28-21(19)31/h2-6,9,11,14-15H,7-8,10H2,1H3,(H2,25,27,28)(H,29,30,34)/t14-,15?,23-/m0/s1. The summed E-state index contributed by atoms with van der Waals surface area (Å²) in [5, 5.41) is 4.33. The summed E-state index contributed by atoms with van der Waals surface area (Å²) < 4.78 is 2.46. The van der Waals surface area contributed by atoms with Crippen molar-refractivity contribution in [1.82, 2.24) is 29.4 Å². The topological polar surface area (TPSA) is 132 Å². The number of anilines is 2. The average molecular weight is 521 g/mol. The summed E-state index contributed by atoms with van der Waals surface area (Å²) in [6, 6.07) is 6.62. The van der Waals surface area contributed by atoms with Gasteiger partial charge in [0, 0.05) is 23.8 Å². The number of rotatable bonds is 4. The number of nitrogens with two attached hydrogens (primary N) is 1. The first-order valence-corrected chi connectivity index (χ1v) is 11.7. The highest BCUT2D eigenvalue weighted by Gasteiger charge is 2.64. The Kier molecular flexibility index (Phi) is 4.60. The molecule has 0 spiro atoms. The molecule has 2 aliphatic rings. The van der Waals surface area contributed by atoms with Crippen LogP contribution in [0.5, 0.6) is 0 Å². The normalized spacial score (nSPS) is 23.3. The summed E-state index contributed by atoms with van der Waals surface area (Å²) >= 11 is 3.32. The zero-order valence-electron chi connectivity index (χ0n) is 18.3. The van der Waals surface area contributed by atoms with Gasteiger partial charge in [-0.1, -0.05) is 13.0 Å². The molecule has 34 heavy (non-hydrogen) atoms. The maximum Gasteiger partial charge on any atom is 0.248 e. The highest BCUT2D eigenvalue weighted by atomic mass is 79.9. The van der Waals surface area contributed by atoms with Crippen LogP contribution in [-0.4, -0.2) is 53.3 Å². The lowest BCUT2D eigenvalue weighted by atomic mass is 10.0. The van der Waals surface area contributed by atoms with Gasteiger partial charge in [0.25, 0.3) is 0 Å². The van der Waals surface area contributed by atoms with Crippen molar-refractivity contribution in [2.75, 3.05) is 11.1 Å². The summed E-state index contributed by atoms with van der Waals surface area (Å²) in [6.45, 7) is 2.16. The third kappa shape index (κ3) is 3.22. The molecule has 3 N–H and O–H groups in total. The van der Waals surface area contributed by atoms with E-state index >= 15 is 0 Å². The van der Waals surface area contributed by atoms with Crippen LogP contribution in [0.2, 0.25) is 0 Å². The highest BCUT2D eigenvalue weighted by molar-refractivity contribution is 9.10. The molecular formula is C23H21BrN8O2. The average Bonchev–Trinajstić information content (AvgIpc) is 3.21. The van der Waals surface area contributed by atoms with Crippen molar-refractivity contribution in [3.63, 3.8) is 0 Å². The maximum absolute atomic E-state index is 13.7. The molecule has 3 atom stereocenters. The van der Waals surface area contributed by atoms with Crippen LogP contribution in [0.25, 0.3) is 21.9 Å². The largest absolute Gasteiger partial charge is 0.383 e. The summed E-state index contributed by atoms with van der Waals surface area (Å²) in [4.78, 5) is 45.6. The van der Waals surface area contributed by atoms with E-state index in [0.29, 0.717) is 33.7 Å². The van der Waals surface area contributed by atoms with Gasteiger partial charge in [0.1, 0.15) is 40.8 Å². The second-order valence-electron chi connectivity index (χ2n) is 9.17. The first kappa shape index (κ1) is 21.0. The van der Waals surface area contributed by atoms with Crippen molar-refractivity contribution in [3.05, 3.63) is 47.6 Å². The summed E-state index contributed by atoms with van der Waals surface area (Å²) in [6.07, 6.45) is 6.27. The fourth-order valence-electron chi connectivity index (χ4n) is 5.21. The van der Waals surface area contributed by atoms with Gasteiger partial charge in [-0.25, -0.2) is 15.0 Å². The van der Waals surface area contributed by atoms with Gasteiger partial charge < -0.3 is 20.5 Å². The fourth-order valence-corrected chi connectivity index (χ4v) is 5.55. The second kappa shape index (κ2) is 7.45. The van der Waals surface area contributed by atoms with E-state index in [1.54, 1.807) is 35.5 Å². The number of nitrogen functional groups attached to an aromatic ring is 1. The maximum atomic E-state index is 13.7. The molecule has 0 bridgehead atoms. The Hall–Kier alpha value is -3.60. The van der Waals surface area contributed by atoms with Gasteiger partial charge in [0.15, 0.2) is 0 Å². The van der Waals surface area contributed by atoms with Crippen molar-refractivity contribution in [1.29, 1.82) is 0 Å². The number of fused-ring (bicyclic) bond motifs is 4. The Labute approximate surface area is 202 Å². The Bertz CT molecular complexity index is 1490. The van der Waals surface area contributed by atoms with Gasteiger partial charge >= 0.3 is 0 Å². The third-order valence-corrected chi connectivity index (χ3v) is 7.40. The fraction of sp³-hybridized carbons (Fsp3) is 0.304. The zero-order chi connectivity index (χ0) is 23.6. The number of likely N-dealkylation sites (tertiary alicyclic amines) is 1. The lowest BCUT2D eigenvalue weighted by Gasteiger charge is -2.27. The van der Waals surface area contributed by atoms with Crippen molar-refractivity contribution in [2.45, 2.75) is 38.4 Å². The number of aromatic nitrogens is 5. The van der Waals surface area contributed by atoms with Gasteiger partial charge in [-0.3, -0.25) is 14.6 Å². The van der Waals surface area contributed by atoms with Crippen LogP contribution in [0.1, 0.15) is 19.8 Å². The molecule has 2 amide bonds. The van der Waals surface area contributed by atoms with E-state index in [0.717, 1.165) is 17.3 Å². The molecule has 1 saturated heterocycles. The van der Waals surface area contributed by atoms with Crippen LogP contribution < -0.4 is 11.1 Å². The molecule has 1 unspecified atom stereocenters. The van der Waals surface area contributed by atoms with Gasteiger partial charge in [0.05, 0.1) is 10.9 Å². The molecule has 2 fully saturated rings. The van der Waals surface area contributed by atoms with Gasteiger partial charge in [0.2, 0.25) is 11.8 Å². The molecule has 4 aromatic heterocycles. The number of nitrogens with one attached hydrogen (secondary N) is 1. The van der Waals surface area contributed by atoms with Crippen molar-refractivity contribution in [3.8, 4) is 0 Å². The zero-order valence-corrected chi connectivity index (χ0v) is 19.9. The van der Waals surface area contributed by atoms with E-state index in [1.165, 1.54) is 6.33 Å². The van der Waals surface area contributed by atoms with E-state index in [4.69, 9.17) is 5.73 Å². The number of hydrogen-bond acceptors (Lipinski definition) is 7. The molecular weight excluding hydrogens is 500 g/mol. The number of pyridine rings is 2. The van der Waals surface area contributed by atoms with E-state index in [-0.39, 0.29) is 29.8 Å². The van der Waals surface area contributed by atoms with Crippen LogP contribution in [0, 0.1) is 5.41 Å². The number of hydrogen-bond donors (Lipinski definition) is 2. The van der Waals surface area contributed by atoms with Crippen molar-refractivity contribution < 1.29 is 9.59 Å². The molecule has 6 rings (SSSR count). The minimum Gasteiger partial charge on any atom is -0.383 e.